The maximum atomic E-state index is 10.2. The second kappa shape index (κ2) is 6.58. The molecule has 0 saturated carbocycles. The zero-order valence-electron chi connectivity index (χ0n) is 9.23. The summed E-state index contributed by atoms with van der Waals surface area (Å²) in [5.74, 6) is 3.32. The highest BCUT2D eigenvalue weighted by atomic mass is 35.5. The summed E-state index contributed by atoms with van der Waals surface area (Å²) >= 11 is 15.8. The molecule has 1 fully saturated rings. The molecule has 0 bridgehead atoms. The molecule has 1 N–H and O–H groups in total. The third-order valence-corrected chi connectivity index (χ3v) is 6.22. The van der Waals surface area contributed by atoms with Crippen molar-refractivity contribution in [3.05, 3.63) is 33.8 Å². The molecule has 2 unspecified atom stereocenters. The number of thioether (sulfide) groups is 2. The van der Waals surface area contributed by atoms with Crippen LogP contribution < -0.4 is 0 Å². The number of hydrogen-bond donors (Lipinski definition) is 1. The first-order valence-corrected chi connectivity index (χ1v) is 8.44. The van der Waals surface area contributed by atoms with E-state index in [0.29, 0.717) is 21.7 Å². The quantitative estimate of drug-likeness (QED) is 0.918. The van der Waals surface area contributed by atoms with E-state index in [1.165, 1.54) is 5.75 Å². The predicted molar refractivity (Wildman–Crippen MR) is 79.7 cm³/mol. The van der Waals surface area contributed by atoms with Gasteiger partial charge in [-0.15, -0.1) is 0 Å². The Balaban J connectivity index is 2.01. The fourth-order valence-electron chi connectivity index (χ4n) is 1.78. The van der Waals surface area contributed by atoms with E-state index in [4.69, 9.17) is 23.2 Å². The maximum absolute atomic E-state index is 10.2. The summed E-state index contributed by atoms with van der Waals surface area (Å²) in [6.45, 7) is 0. The van der Waals surface area contributed by atoms with Crippen LogP contribution in [0.1, 0.15) is 5.56 Å². The topological polar surface area (TPSA) is 20.2 Å². The Morgan fingerprint density at radius 1 is 1.35 bits per heavy atom. The fourth-order valence-corrected chi connectivity index (χ4v) is 4.95. The van der Waals surface area contributed by atoms with E-state index >= 15 is 0 Å². The third-order valence-electron chi connectivity index (χ3n) is 2.71. The van der Waals surface area contributed by atoms with E-state index in [0.717, 1.165) is 17.1 Å². The minimum Gasteiger partial charge on any atom is -0.392 e. The molecule has 1 aromatic rings. The maximum Gasteiger partial charge on any atom is 0.0707 e. The molecule has 0 aromatic heterocycles. The van der Waals surface area contributed by atoms with E-state index in [2.05, 4.69) is 0 Å². The molecule has 0 radical (unpaired) electrons. The Morgan fingerprint density at radius 2 is 2.18 bits per heavy atom. The number of aliphatic hydroxyl groups excluding tert-OH is 1. The van der Waals surface area contributed by atoms with Gasteiger partial charge < -0.3 is 5.11 Å². The standard InChI is InChI=1S/C12H14Cl2OS2/c13-9-1-2-10(14)8(5-9)6-11(15)12-7-16-3-4-17-12/h1-2,5,11-12,15H,3-4,6-7H2. The van der Waals surface area contributed by atoms with Crippen molar-refractivity contribution in [2.75, 3.05) is 17.3 Å². The summed E-state index contributed by atoms with van der Waals surface area (Å²) in [5.41, 5.74) is 0.933. The summed E-state index contributed by atoms with van der Waals surface area (Å²) < 4.78 is 0. The van der Waals surface area contributed by atoms with Gasteiger partial charge in [0.2, 0.25) is 0 Å². The van der Waals surface area contributed by atoms with Gasteiger partial charge in [0.15, 0.2) is 0 Å². The van der Waals surface area contributed by atoms with Crippen LogP contribution in [0.5, 0.6) is 0 Å². The summed E-state index contributed by atoms with van der Waals surface area (Å²) in [7, 11) is 0. The first-order chi connectivity index (χ1) is 8.16. The number of hydrogen-bond acceptors (Lipinski definition) is 3. The Bertz CT molecular complexity index is 381. The van der Waals surface area contributed by atoms with Gasteiger partial charge in [0.25, 0.3) is 0 Å². The SMILES string of the molecule is OC(Cc1cc(Cl)ccc1Cl)C1CSCCS1. The van der Waals surface area contributed by atoms with Crippen LogP contribution in [0.2, 0.25) is 10.0 Å². The van der Waals surface area contributed by atoms with E-state index in [1.807, 2.05) is 29.6 Å². The van der Waals surface area contributed by atoms with Gasteiger partial charge in [0.1, 0.15) is 0 Å². The first-order valence-electron chi connectivity index (χ1n) is 5.48. The molecule has 17 heavy (non-hydrogen) atoms. The van der Waals surface area contributed by atoms with Gasteiger partial charge in [0, 0.05) is 39.0 Å². The average Bonchev–Trinajstić information content (AvgIpc) is 2.35. The van der Waals surface area contributed by atoms with Gasteiger partial charge in [-0.1, -0.05) is 23.2 Å². The van der Waals surface area contributed by atoms with Crippen LogP contribution in [0.25, 0.3) is 0 Å². The van der Waals surface area contributed by atoms with Gasteiger partial charge in [-0.05, 0) is 23.8 Å². The molecular weight excluding hydrogens is 295 g/mol. The van der Waals surface area contributed by atoms with Crippen molar-refractivity contribution in [2.24, 2.45) is 0 Å². The smallest absolute Gasteiger partial charge is 0.0707 e. The molecule has 1 nitrogen and oxygen atoms in total. The zero-order chi connectivity index (χ0) is 12.3. The second-order valence-electron chi connectivity index (χ2n) is 3.99. The van der Waals surface area contributed by atoms with E-state index in [-0.39, 0.29) is 6.10 Å². The van der Waals surface area contributed by atoms with Crippen molar-refractivity contribution >= 4 is 46.7 Å². The molecule has 0 aliphatic carbocycles. The minimum absolute atomic E-state index is 0.309. The number of rotatable bonds is 3. The summed E-state index contributed by atoms with van der Waals surface area (Å²) in [6.07, 6.45) is 0.237. The molecule has 0 spiro atoms. The molecular formula is C12H14Cl2OS2. The van der Waals surface area contributed by atoms with E-state index in [1.54, 1.807) is 12.1 Å². The van der Waals surface area contributed by atoms with Crippen molar-refractivity contribution in [1.82, 2.24) is 0 Å². The number of halogens is 2. The van der Waals surface area contributed by atoms with Crippen molar-refractivity contribution in [2.45, 2.75) is 17.8 Å². The lowest BCUT2D eigenvalue weighted by Crippen LogP contribution is -2.30. The van der Waals surface area contributed by atoms with Crippen LogP contribution in [0.15, 0.2) is 18.2 Å². The van der Waals surface area contributed by atoms with E-state index in [9.17, 15) is 5.11 Å². The lowest BCUT2D eigenvalue weighted by molar-refractivity contribution is 0.177. The highest BCUT2D eigenvalue weighted by Crippen LogP contribution is 2.29. The highest BCUT2D eigenvalue weighted by Gasteiger charge is 2.23. The van der Waals surface area contributed by atoms with Crippen LogP contribution in [0.4, 0.5) is 0 Å². The Morgan fingerprint density at radius 3 is 2.88 bits per heavy atom. The molecule has 1 aliphatic rings. The normalized spacial score (nSPS) is 22.4. The van der Waals surface area contributed by atoms with Crippen LogP contribution in [0.3, 0.4) is 0 Å². The Labute approximate surface area is 120 Å². The van der Waals surface area contributed by atoms with Crippen LogP contribution in [-0.2, 0) is 6.42 Å². The molecule has 2 rings (SSSR count). The average molecular weight is 309 g/mol. The Kier molecular flexibility index (Phi) is 5.37. The predicted octanol–water partition coefficient (Wildman–Crippen LogP) is 3.75. The lowest BCUT2D eigenvalue weighted by atomic mass is 10.1. The van der Waals surface area contributed by atoms with Gasteiger partial charge in [-0.25, -0.2) is 0 Å². The molecule has 1 aliphatic heterocycles. The van der Waals surface area contributed by atoms with Crippen molar-refractivity contribution < 1.29 is 5.11 Å². The molecule has 1 aromatic carbocycles. The number of benzene rings is 1. The van der Waals surface area contributed by atoms with Gasteiger partial charge in [-0.2, -0.15) is 23.5 Å². The van der Waals surface area contributed by atoms with Gasteiger partial charge in [0.05, 0.1) is 6.10 Å². The first kappa shape index (κ1) is 13.9. The molecule has 94 valence electrons. The monoisotopic (exact) mass is 308 g/mol. The van der Waals surface area contributed by atoms with Gasteiger partial charge in [-0.3, -0.25) is 0 Å². The van der Waals surface area contributed by atoms with Crippen LogP contribution in [-0.4, -0.2) is 33.7 Å². The largest absolute Gasteiger partial charge is 0.392 e. The molecule has 5 heteroatoms. The molecule has 0 amide bonds. The third kappa shape index (κ3) is 3.97. The highest BCUT2D eigenvalue weighted by molar-refractivity contribution is 8.06. The van der Waals surface area contributed by atoms with Crippen LogP contribution >= 0.6 is 46.7 Å². The second-order valence-corrected chi connectivity index (χ2v) is 7.33. The molecule has 1 heterocycles. The number of aliphatic hydroxyl groups is 1. The van der Waals surface area contributed by atoms with E-state index < -0.39 is 0 Å². The van der Waals surface area contributed by atoms with Gasteiger partial charge >= 0.3 is 0 Å². The van der Waals surface area contributed by atoms with Crippen LogP contribution in [0, 0.1) is 0 Å². The minimum atomic E-state index is -0.344. The van der Waals surface area contributed by atoms with Crippen molar-refractivity contribution in [3.8, 4) is 0 Å². The fraction of sp³-hybridized carbons (Fsp3) is 0.500. The summed E-state index contributed by atoms with van der Waals surface area (Å²) in [4.78, 5) is 0. The van der Waals surface area contributed by atoms with Crippen molar-refractivity contribution in [3.63, 3.8) is 0 Å². The zero-order valence-corrected chi connectivity index (χ0v) is 12.4. The summed E-state index contributed by atoms with van der Waals surface area (Å²) in [5, 5.41) is 11.9. The van der Waals surface area contributed by atoms with Crippen molar-refractivity contribution in [1.29, 1.82) is 0 Å². The Hall–Kier alpha value is 0.460. The summed E-state index contributed by atoms with van der Waals surface area (Å²) in [6, 6.07) is 5.40. The molecule has 1 saturated heterocycles. The molecule has 2 atom stereocenters. The lowest BCUT2D eigenvalue weighted by Gasteiger charge is -2.26.